The number of nitrogens with one attached hydrogen (secondary N) is 1. The normalized spacial score (nSPS) is 27.1. The van der Waals surface area contributed by atoms with E-state index in [1.165, 1.54) is 4.88 Å². The smallest absolute Gasteiger partial charge is 0.227 e. The summed E-state index contributed by atoms with van der Waals surface area (Å²) in [6, 6.07) is 4.60. The summed E-state index contributed by atoms with van der Waals surface area (Å²) < 4.78 is 0. The van der Waals surface area contributed by atoms with E-state index in [0.717, 1.165) is 45.3 Å². The number of hydrogen-bond donors (Lipinski definition) is 1. The van der Waals surface area contributed by atoms with Gasteiger partial charge in [-0.15, -0.1) is 23.7 Å². The summed E-state index contributed by atoms with van der Waals surface area (Å²) >= 11 is 1.78. The molecule has 0 aliphatic carbocycles. The number of amides is 1. The van der Waals surface area contributed by atoms with Crippen molar-refractivity contribution in [3.05, 3.63) is 22.4 Å². The lowest BCUT2D eigenvalue weighted by Gasteiger charge is -2.30. The van der Waals surface area contributed by atoms with Crippen LogP contribution in [0.25, 0.3) is 0 Å². The van der Waals surface area contributed by atoms with E-state index >= 15 is 0 Å². The largest absolute Gasteiger partial charge is 0.335 e. The molecule has 5 heteroatoms. The Labute approximate surface area is 124 Å². The lowest BCUT2D eigenvalue weighted by Crippen LogP contribution is -2.42. The molecule has 3 rings (SSSR count). The maximum Gasteiger partial charge on any atom is 0.227 e. The molecule has 2 aliphatic heterocycles. The summed E-state index contributed by atoms with van der Waals surface area (Å²) in [6.07, 6.45) is 4.47. The van der Waals surface area contributed by atoms with Gasteiger partial charge in [0.1, 0.15) is 0 Å². The Morgan fingerprint density at radius 3 is 2.95 bits per heavy atom. The number of thiophene rings is 1. The van der Waals surface area contributed by atoms with E-state index in [4.69, 9.17) is 0 Å². The van der Waals surface area contributed by atoms with Gasteiger partial charge >= 0.3 is 0 Å². The van der Waals surface area contributed by atoms with E-state index in [2.05, 4.69) is 27.7 Å². The molecule has 0 spiro atoms. The van der Waals surface area contributed by atoms with Gasteiger partial charge in [-0.1, -0.05) is 6.07 Å². The molecule has 1 aromatic heterocycles. The van der Waals surface area contributed by atoms with Crippen molar-refractivity contribution in [1.82, 2.24) is 10.2 Å². The predicted octanol–water partition coefficient (Wildman–Crippen LogP) is 2.83. The Morgan fingerprint density at radius 2 is 2.26 bits per heavy atom. The lowest BCUT2D eigenvalue weighted by molar-refractivity contribution is -0.137. The second kappa shape index (κ2) is 6.73. The summed E-state index contributed by atoms with van der Waals surface area (Å²) in [5.74, 6) is 0.581. The summed E-state index contributed by atoms with van der Waals surface area (Å²) in [5, 5.41) is 5.45. The molecule has 0 radical (unpaired) electrons. The van der Waals surface area contributed by atoms with Gasteiger partial charge in [0.15, 0.2) is 0 Å². The van der Waals surface area contributed by atoms with Gasteiger partial charge < -0.3 is 10.2 Å². The summed E-state index contributed by atoms with van der Waals surface area (Å²) in [6.45, 7) is 2.88. The zero-order valence-electron chi connectivity index (χ0n) is 11.0. The van der Waals surface area contributed by atoms with Crippen molar-refractivity contribution in [2.75, 3.05) is 19.6 Å². The van der Waals surface area contributed by atoms with Gasteiger partial charge in [0.25, 0.3) is 0 Å². The van der Waals surface area contributed by atoms with Crippen LogP contribution in [0.15, 0.2) is 17.5 Å². The zero-order valence-corrected chi connectivity index (χ0v) is 12.6. The first kappa shape index (κ1) is 14.8. The summed E-state index contributed by atoms with van der Waals surface area (Å²) in [4.78, 5) is 16.1. The van der Waals surface area contributed by atoms with Crippen molar-refractivity contribution < 1.29 is 4.79 Å². The van der Waals surface area contributed by atoms with Crippen LogP contribution in [0.3, 0.4) is 0 Å². The number of rotatable bonds is 2. The van der Waals surface area contributed by atoms with Gasteiger partial charge in [0.05, 0.1) is 12.0 Å². The second-order valence-corrected chi connectivity index (χ2v) is 6.23. The van der Waals surface area contributed by atoms with E-state index in [-0.39, 0.29) is 18.3 Å². The van der Waals surface area contributed by atoms with Crippen LogP contribution in [0.4, 0.5) is 0 Å². The second-order valence-electron chi connectivity index (χ2n) is 5.25. The number of piperidine rings is 1. The third kappa shape index (κ3) is 3.12. The molecule has 2 unspecified atom stereocenters. The topological polar surface area (TPSA) is 32.3 Å². The lowest BCUT2D eigenvalue weighted by atomic mass is 9.97. The van der Waals surface area contributed by atoms with Gasteiger partial charge in [-0.2, -0.15) is 0 Å². The van der Waals surface area contributed by atoms with E-state index in [1.54, 1.807) is 11.3 Å². The van der Waals surface area contributed by atoms with Crippen LogP contribution in [-0.2, 0) is 4.79 Å². The molecule has 1 aromatic rings. The molecule has 2 saturated heterocycles. The number of halogens is 1. The Balaban J connectivity index is 0.00000133. The van der Waals surface area contributed by atoms with Crippen LogP contribution in [-0.4, -0.2) is 30.4 Å². The molecule has 1 amide bonds. The zero-order chi connectivity index (χ0) is 12.4. The first-order chi connectivity index (χ1) is 8.86. The van der Waals surface area contributed by atoms with Crippen molar-refractivity contribution in [1.29, 1.82) is 0 Å². The quantitative estimate of drug-likeness (QED) is 0.911. The third-order valence-corrected chi connectivity index (χ3v) is 5.03. The minimum atomic E-state index is 0. The van der Waals surface area contributed by atoms with E-state index in [1.807, 2.05) is 0 Å². The highest BCUT2D eigenvalue weighted by Gasteiger charge is 2.34. The molecule has 3 heterocycles. The molecular weight excluding hydrogens is 280 g/mol. The SMILES string of the molecule is Cl.O=C(C1CCCNC1)N1CCCC1c1cccs1. The van der Waals surface area contributed by atoms with Gasteiger partial charge in [-0.25, -0.2) is 0 Å². The minimum Gasteiger partial charge on any atom is -0.335 e. The number of hydrogen-bond acceptors (Lipinski definition) is 3. The first-order valence-electron chi connectivity index (χ1n) is 6.91. The number of carbonyl (C=O) groups is 1. The van der Waals surface area contributed by atoms with Crippen molar-refractivity contribution in [3.8, 4) is 0 Å². The highest BCUT2D eigenvalue weighted by Crippen LogP contribution is 2.35. The van der Waals surface area contributed by atoms with Gasteiger partial charge in [0.2, 0.25) is 5.91 Å². The fraction of sp³-hybridized carbons (Fsp3) is 0.643. The molecule has 0 bridgehead atoms. The number of carbonyl (C=O) groups excluding carboxylic acids is 1. The Hall–Kier alpha value is -0.580. The first-order valence-corrected chi connectivity index (χ1v) is 7.79. The molecule has 19 heavy (non-hydrogen) atoms. The summed E-state index contributed by atoms with van der Waals surface area (Å²) in [5.41, 5.74) is 0. The Morgan fingerprint density at radius 1 is 1.37 bits per heavy atom. The van der Waals surface area contributed by atoms with Crippen molar-refractivity contribution in [2.24, 2.45) is 5.92 Å². The molecule has 3 nitrogen and oxygen atoms in total. The number of likely N-dealkylation sites (tertiary alicyclic amines) is 1. The van der Waals surface area contributed by atoms with E-state index in [9.17, 15) is 4.79 Å². The predicted molar refractivity (Wildman–Crippen MR) is 80.8 cm³/mol. The van der Waals surface area contributed by atoms with Crippen LogP contribution in [0.2, 0.25) is 0 Å². The van der Waals surface area contributed by atoms with E-state index < -0.39 is 0 Å². The monoisotopic (exact) mass is 300 g/mol. The molecule has 106 valence electrons. The van der Waals surface area contributed by atoms with Gasteiger partial charge in [-0.05, 0) is 43.7 Å². The van der Waals surface area contributed by atoms with Crippen LogP contribution in [0.1, 0.15) is 36.6 Å². The van der Waals surface area contributed by atoms with Crippen molar-refractivity contribution >= 4 is 29.7 Å². The van der Waals surface area contributed by atoms with Crippen LogP contribution < -0.4 is 5.32 Å². The molecular formula is C14H21ClN2OS. The van der Waals surface area contributed by atoms with Gasteiger partial charge in [-0.3, -0.25) is 4.79 Å². The minimum absolute atomic E-state index is 0. The molecule has 2 fully saturated rings. The van der Waals surface area contributed by atoms with E-state index in [0.29, 0.717) is 11.9 Å². The van der Waals surface area contributed by atoms with Crippen molar-refractivity contribution in [2.45, 2.75) is 31.7 Å². The average molecular weight is 301 g/mol. The highest BCUT2D eigenvalue weighted by atomic mass is 35.5. The van der Waals surface area contributed by atoms with Crippen LogP contribution in [0.5, 0.6) is 0 Å². The van der Waals surface area contributed by atoms with Gasteiger partial charge in [0, 0.05) is 18.0 Å². The number of nitrogens with zero attached hydrogens (tertiary/aromatic N) is 1. The molecule has 2 aliphatic rings. The van der Waals surface area contributed by atoms with Crippen molar-refractivity contribution in [3.63, 3.8) is 0 Å². The van der Waals surface area contributed by atoms with Crippen LogP contribution in [0, 0.1) is 5.92 Å². The summed E-state index contributed by atoms with van der Waals surface area (Å²) in [7, 11) is 0. The van der Waals surface area contributed by atoms with Crippen LogP contribution >= 0.6 is 23.7 Å². The molecule has 0 saturated carbocycles. The Bertz CT molecular complexity index is 404. The molecule has 0 aromatic carbocycles. The highest BCUT2D eigenvalue weighted by molar-refractivity contribution is 7.10. The fourth-order valence-corrected chi connectivity index (χ4v) is 3.98. The standard InChI is InChI=1S/C14H20N2OS.ClH/c17-14(11-4-1-7-15-10-11)16-8-2-5-12(16)13-6-3-9-18-13;/h3,6,9,11-12,15H,1-2,4-5,7-8,10H2;1H. The Kier molecular flexibility index (Phi) is 5.25. The fourth-order valence-electron chi connectivity index (χ4n) is 3.10. The molecule has 2 atom stereocenters. The molecule has 1 N–H and O–H groups in total. The maximum absolute atomic E-state index is 12.6. The maximum atomic E-state index is 12.6. The average Bonchev–Trinajstić information content (AvgIpc) is 3.09. The third-order valence-electron chi connectivity index (χ3n) is 4.05.